The molecular formula is C92H112Cl2N12O27. The van der Waals surface area contributed by atoms with Crippen LogP contribution in [0, 0.1) is 5.92 Å². The number of halogens is 2. The van der Waals surface area contributed by atoms with Gasteiger partial charge in [0.1, 0.15) is 137 Å². The minimum atomic E-state index is -2.41. The molecule has 17 bridgehead atoms. The second-order valence-corrected chi connectivity index (χ2v) is 34.6. The van der Waals surface area contributed by atoms with E-state index in [-0.39, 0.29) is 59.9 Å². The molecule has 2 fully saturated rings. The first kappa shape index (κ1) is 99.0. The van der Waals surface area contributed by atoms with E-state index in [4.69, 9.17) is 62.1 Å². The summed E-state index contributed by atoms with van der Waals surface area (Å²) >= 11 is 14.4. The van der Waals surface area contributed by atoms with Gasteiger partial charge in [-0.05, 0) is 178 Å². The van der Waals surface area contributed by atoms with E-state index in [2.05, 4.69) is 72.3 Å². The molecule has 0 radical (unpaired) electrons. The van der Waals surface area contributed by atoms with Crippen molar-refractivity contribution in [2.75, 3.05) is 59.5 Å². The molecule has 0 spiro atoms. The van der Waals surface area contributed by atoms with Gasteiger partial charge in [0, 0.05) is 48.2 Å². The van der Waals surface area contributed by atoms with Gasteiger partial charge in [0.25, 0.3) is 0 Å². The number of phenolic OH excluding ortho intramolecular Hbond substituents is 4. The third-order valence-corrected chi connectivity index (χ3v) is 24.5. The molecule has 7 aromatic carbocycles. The molecule has 133 heavy (non-hydrogen) atoms. The summed E-state index contributed by atoms with van der Waals surface area (Å²) in [5, 5.41) is 169. The molecule has 25 N–H and O–H groups in total. The van der Waals surface area contributed by atoms with Crippen molar-refractivity contribution in [3.05, 3.63) is 164 Å². The maximum Gasteiger partial charge on any atom is 0.248 e. The average Bonchev–Trinajstić information content (AvgIpc) is 0.746. The monoisotopic (exact) mass is 1890 g/mol. The van der Waals surface area contributed by atoms with Gasteiger partial charge in [0.05, 0.1) is 23.3 Å². The first-order chi connectivity index (χ1) is 63.8. The average molecular weight is 1890 g/mol. The fraction of sp³-hybridized carbons (Fsp3) is 0.457. The van der Waals surface area contributed by atoms with Crippen molar-refractivity contribution in [3.8, 4) is 80.1 Å². The smallest absolute Gasteiger partial charge is 0.248 e. The van der Waals surface area contributed by atoms with Crippen molar-refractivity contribution in [1.82, 2.24) is 58.5 Å². The van der Waals surface area contributed by atoms with E-state index >= 15 is 28.8 Å². The molecule has 8 aliphatic heterocycles. The first-order valence-corrected chi connectivity index (χ1v) is 44.9. The van der Waals surface area contributed by atoms with Gasteiger partial charge in [0.2, 0.25) is 65.6 Å². The van der Waals surface area contributed by atoms with Crippen molar-refractivity contribution in [2.45, 2.75) is 201 Å². The van der Waals surface area contributed by atoms with E-state index in [1.165, 1.54) is 61.6 Å². The zero-order chi connectivity index (χ0) is 95.2. The highest BCUT2D eigenvalue weighted by Gasteiger charge is 2.50. The van der Waals surface area contributed by atoms with E-state index in [9.17, 15) is 70.9 Å². The topological polar surface area (TPSA) is 602 Å². The number of rotatable bonds is 29. The van der Waals surface area contributed by atoms with Gasteiger partial charge < -0.3 is 159 Å². The van der Waals surface area contributed by atoms with Gasteiger partial charge in [-0.15, -0.1) is 0 Å². The molecule has 39 nitrogen and oxygen atoms in total. The molecule has 8 heterocycles. The Labute approximate surface area is 774 Å². The summed E-state index contributed by atoms with van der Waals surface area (Å²) in [6.45, 7) is 5.12. The molecule has 0 aliphatic carbocycles. The van der Waals surface area contributed by atoms with Crippen LogP contribution < -0.4 is 87.9 Å². The van der Waals surface area contributed by atoms with E-state index in [0.717, 1.165) is 112 Å². The van der Waals surface area contributed by atoms with Gasteiger partial charge in [-0.25, -0.2) is 0 Å². The Bertz CT molecular complexity index is 5350. The lowest BCUT2D eigenvalue weighted by Gasteiger charge is -2.42. The highest BCUT2D eigenvalue weighted by Crippen LogP contribution is 2.51. The summed E-state index contributed by atoms with van der Waals surface area (Å²) < 4.78 is 45.1. The van der Waals surface area contributed by atoms with E-state index < -0.39 is 260 Å². The fourth-order valence-corrected chi connectivity index (χ4v) is 17.0. The van der Waals surface area contributed by atoms with Crippen molar-refractivity contribution >= 4 is 70.5 Å². The number of aliphatic hydroxyl groups excluding tert-OH is 8. The lowest BCUT2D eigenvalue weighted by atomic mass is 9.89. The number of aromatic hydroxyl groups is 4. The van der Waals surface area contributed by atoms with Gasteiger partial charge in [-0.3, -0.25) is 38.4 Å². The summed E-state index contributed by atoms with van der Waals surface area (Å²) in [6, 6.07) is 6.55. The maximum absolute atomic E-state index is 16.9. The first-order valence-electron chi connectivity index (χ1n) is 44.1. The number of hydrogen-bond acceptors (Lipinski definition) is 31. The molecule has 8 amide bonds. The van der Waals surface area contributed by atoms with Crippen LogP contribution in [0.5, 0.6) is 69.0 Å². The van der Waals surface area contributed by atoms with Crippen molar-refractivity contribution in [3.63, 3.8) is 0 Å². The molecule has 7 aromatic rings. The van der Waals surface area contributed by atoms with Crippen LogP contribution in [0.15, 0.2) is 115 Å². The van der Waals surface area contributed by atoms with Crippen LogP contribution in [0.1, 0.15) is 160 Å². The van der Waals surface area contributed by atoms with Crippen LogP contribution in [0.2, 0.25) is 10.0 Å². The molecule has 8 aliphatic rings. The van der Waals surface area contributed by atoms with Crippen LogP contribution in [0.3, 0.4) is 0 Å². The quantitative estimate of drug-likeness (QED) is 0.0299. The standard InChI is InChI=1S/C92H112Cl2N12O27/c1-43(2)13-8-6-4-5-7-9-14-67(113)101-76-80(117)78(115)65(41-107)131-91(76)133-83-63-35-48-36-64(83)129-60-24-19-47(33-55(60)93)77(114)75-90(126)105-73(85(121)99-30-12-29-98-28-11-27-97-26-10-25-95)53-37-49(109)38-62(130-92-82(119)81(118)79(116)66(42-108)132-92)68(53)52-32-45(17-22-57(52)110)71(87(123)106-75)102-88(124)72(48)103-89(125)74-54-39-51(40-59(112)69(54)94)128-61-34-46(18-23-58(61)111)70(96-3)86(122)100-56(84(120)104-74)31-44-15-20-50(127-63)21-16-44/h15-24,32-40,43,56,65-66,70-82,91-92,96-98,107-112,114-119H,4-14,25-31,41-42,95H2,1-3H3,(H,99,121)(H,100,122)(H,101,113)(H,102,124)(H,103,125)(H,104,120)(H,105,126)(H,106,123)/t56-,65-,66-,70+,71-,72-,73+,74+,75+,76-,77-,78-,79-,80-,81+,82+,91+,92+/m1/s1. The summed E-state index contributed by atoms with van der Waals surface area (Å²) in [5.41, 5.74) is 3.16. The van der Waals surface area contributed by atoms with Crippen LogP contribution >= 0.6 is 23.2 Å². The minimum Gasteiger partial charge on any atom is -0.508 e. The summed E-state index contributed by atoms with van der Waals surface area (Å²) in [7, 11) is 1.44. The number of aliphatic hydroxyl groups is 8. The number of carbonyl (C=O) groups excluding carboxylic acids is 8. The lowest BCUT2D eigenvalue weighted by Crippen LogP contribution is -2.65. The SMILES string of the molecule is CN[C@@H]1C(=O)N[C@@H]2Cc3ccc(cc3)Oc3cc4cc(c3O[C@@H]3O[C@H](CO)[C@@H](O)[C@H](O)[C@H]3NC(=O)CCCCCCCCC(C)C)Oc3ccc(cc3Cl)[C@@H](O)[C@@H]3NC(=O)[C@H](NC(=O)[C@@H]4NC(=O)[C@@H](NC2=O)c2cc(cc(O)c2Cl)Oc2cc1ccc2O)c1ccc(O)c(c1)-c1c(O[C@H]2O[C@H](CO)[C@@H](O)[C@H](O)[C@@H]2O)cc(O)cc1[C@@H](C(=O)NCCCNCCCNCCCN)NC3=O. The predicted molar refractivity (Wildman–Crippen MR) is 477 cm³/mol. The number of benzene rings is 7. The summed E-state index contributed by atoms with van der Waals surface area (Å²) in [4.78, 5) is 126. The van der Waals surface area contributed by atoms with Gasteiger partial charge in [0.15, 0.2) is 23.0 Å². The van der Waals surface area contributed by atoms with Crippen LogP contribution in [-0.4, -0.2) is 241 Å². The van der Waals surface area contributed by atoms with Gasteiger partial charge in [-0.2, -0.15) is 0 Å². The Morgan fingerprint density at radius 3 is 1.82 bits per heavy atom. The number of likely N-dealkylation sites (N-methyl/N-ethyl adjacent to an activating group) is 1. The van der Waals surface area contributed by atoms with Crippen LogP contribution in [-0.2, 0) is 54.3 Å². The Kier molecular flexibility index (Phi) is 33.5. The van der Waals surface area contributed by atoms with E-state index in [1.807, 2.05) is 0 Å². The Morgan fingerprint density at radius 2 is 1.13 bits per heavy atom. The largest absolute Gasteiger partial charge is 0.508 e. The summed E-state index contributed by atoms with van der Waals surface area (Å²) in [5.74, 6) is -14.9. The molecule has 18 atom stereocenters. The van der Waals surface area contributed by atoms with Crippen molar-refractivity contribution < 1.29 is 133 Å². The van der Waals surface area contributed by atoms with E-state index in [1.54, 1.807) is 0 Å². The molecule has 0 saturated carbocycles. The molecule has 0 aromatic heterocycles. The summed E-state index contributed by atoms with van der Waals surface area (Å²) in [6.07, 6.45) is -12.5. The normalized spacial score (nSPS) is 25.3. The van der Waals surface area contributed by atoms with Crippen LogP contribution in [0.4, 0.5) is 0 Å². The Hall–Kier alpha value is -11.5. The van der Waals surface area contributed by atoms with Gasteiger partial charge in [-0.1, -0.05) is 106 Å². The number of nitrogens with two attached hydrogens (primary N) is 1. The zero-order valence-corrected chi connectivity index (χ0v) is 74.4. The number of unbranched alkanes of at least 4 members (excludes halogenated alkanes) is 5. The minimum absolute atomic E-state index is 0.0789. The zero-order valence-electron chi connectivity index (χ0n) is 72.9. The van der Waals surface area contributed by atoms with Crippen LogP contribution in [0.25, 0.3) is 11.1 Å². The number of carbonyl (C=O) groups is 8. The number of nitrogens with one attached hydrogen (secondary N) is 11. The predicted octanol–water partition coefficient (Wildman–Crippen LogP) is 3.43. The van der Waals surface area contributed by atoms with E-state index in [0.29, 0.717) is 50.5 Å². The molecule has 41 heteroatoms. The van der Waals surface area contributed by atoms with Crippen molar-refractivity contribution in [1.29, 1.82) is 0 Å². The fourth-order valence-electron chi connectivity index (χ4n) is 16.6. The number of fused-ring (bicyclic) bond motifs is 14. The number of ether oxygens (including phenoxy) is 7. The number of amides is 8. The highest BCUT2D eigenvalue weighted by atomic mass is 35.5. The third kappa shape index (κ3) is 23.7. The van der Waals surface area contributed by atoms with Crippen molar-refractivity contribution in [2.24, 2.45) is 11.7 Å². The lowest BCUT2D eigenvalue weighted by molar-refractivity contribution is -0.277. The number of phenols is 4. The second-order valence-electron chi connectivity index (χ2n) is 33.9. The number of hydrogen-bond donors (Lipinski definition) is 24. The molecular weight excluding hydrogens is 1780 g/mol. The Balaban J connectivity index is 1.01. The maximum atomic E-state index is 16.9. The molecule has 2 saturated heterocycles. The molecule has 716 valence electrons. The Morgan fingerprint density at radius 1 is 0.519 bits per heavy atom. The molecule has 15 rings (SSSR count). The molecule has 0 unspecified atom stereocenters. The second kappa shape index (κ2) is 45.0. The highest BCUT2D eigenvalue weighted by molar-refractivity contribution is 6.33. The van der Waals surface area contributed by atoms with Gasteiger partial charge >= 0.3 is 0 Å². The third-order valence-electron chi connectivity index (χ3n) is 23.8.